The molecule has 0 radical (unpaired) electrons. The van der Waals surface area contributed by atoms with Gasteiger partial charge in [0.25, 0.3) is 0 Å². The Hall–Kier alpha value is -1.02. The van der Waals surface area contributed by atoms with Crippen LogP contribution in [0.3, 0.4) is 0 Å². The van der Waals surface area contributed by atoms with E-state index in [1.807, 2.05) is 30.3 Å². The highest BCUT2D eigenvalue weighted by molar-refractivity contribution is 5.21. The van der Waals surface area contributed by atoms with Gasteiger partial charge in [-0.15, -0.1) is 0 Å². The van der Waals surface area contributed by atoms with Crippen molar-refractivity contribution in [2.45, 2.75) is 45.8 Å². The van der Waals surface area contributed by atoms with Gasteiger partial charge in [0.1, 0.15) is 5.75 Å². The number of para-hydroxylation sites is 1. The fourth-order valence-corrected chi connectivity index (χ4v) is 1.75. The molecular weight excluding hydrogens is 200 g/mol. The van der Waals surface area contributed by atoms with E-state index < -0.39 is 6.29 Å². The van der Waals surface area contributed by atoms with E-state index in [9.17, 15) is 5.11 Å². The van der Waals surface area contributed by atoms with Crippen LogP contribution in [0.5, 0.6) is 5.75 Å². The molecule has 2 heteroatoms. The van der Waals surface area contributed by atoms with Crippen molar-refractivity contribution in [3.8, 4) is 5.75 Å². The smallest absolute Gasteiger partial charge is 0.200 e. The number of hydrogen-bond acceptors (Lipinski definition) is 2. The summed E-state index contributed by atoms with van der Waals surface area (Å²) in [5.74, 6) is 0.977. The van der Waals surface area contributed by atoms with Crippen LogP contribution in [0, 0.1) is 5.92 Å². The molecule has 0 aromatic heterocycles. The third-order valence-electron chi connectivity index (χ3n) is 2.86. The zero-order chi connectivity index (χ0) is 11.8. The molecule has 0 bridgehead atoms. The van der Waals surface area contributed by atoms with E-state index in [0.717, 1.165) is 31.4 Å². The van der Waals surface area contributed by atoms with Gasteiger partial charge >= 0.3 is 0 Å². The van der Waals surface area contributed by atoms with Gasteiger partial charge in [0.2, 0.25) is 0 Å². The molecule has 0 amide bonds. The molecule has 2 unspecified atom stereocenters. The van der Waals surface area contributed by atoms with Crippen LogP contribution in [-0.4, -0.2) is 11.4 Å². The Balaban J connectivity index is 2.46. The average molecular weight is 222 g/mol. The van der Waals surface area contributed by atoms with E-state index in [-0.39, 0.29) is 5.92 Å². The number of ether oxygens (including phenoxy) is 1. The molecule has 1 rings (SSSR count). The third kappa shape index (κ3) is 4.23. The molecule has 90 valence electrons. The summed E-state index contributed by atoms with van der Waals surface area (Å²) in [7, 11) is 0. The molecule has 0 heterocycles. The number of unbranched alkanes of at least 4 members (excludes halogenated alkanes) is 1. The maximum absolute atomic E-state index is 9.97. The topological polar surface area (TPSA) is 29.5 Å². The van der Waals surface area contributed by atoms with E-state index in [0.29, 0.717) is 0 Å². The molecule has 0 saturated carbocycles. The van der Waals surface area contributed by atoms with Crippen LogP contribution in [0.25, 0.3) is 0 Å². The number of benzene rings is 1. The predicted molar refractivity (Wildman–Crippen MR) is 66.4 cm³/mol. The van der Waals surface area contributed by atoms with Crippen molar-refractivity contribution in [3.05, 3.63) is 30.3 Å². The van der Waals surface area contributed by atoms with Crippen LogP contribution in [0.4, 0.5) is 0 Å². The maximum atomic E-state index is 9.97. The number of hydrogen-bond donors (Lipinski definition) is 1. The second kappa shape index (κ2) is 7.29. The lowest BCUT2D eigenvalue weighted by Crippen LogP contribution is -2.26. The zero-order valence-electron chi connectivity index (χ0n) is 10.2. The molecule has 0 saturated heterocycles. The molecular formula is C14H22O2. The molecule has 2 nitrogen and oxygen atoms in total. The lowest BCUT2D eigenvalue weighted by Gasteiger charge is -2.22. The van der Waals surface area contributed by atoms with Crippen molar-refractivity contribution in [1.29, 1.82) is 0 Å². The first-order chi connectivity index (χ1) is 7.77. The first-order valence-corrected chi connectivity index (χ1v) is 6.17. The van der Waals surface area contributed by atoms with E-state index >= 15 is 0 Å². The number of rotatable bonds is 7. The Bertz CT molecular complexity index is 271. The summed E-state index contributed by atoms with van der Waals surface area (Å²) >= 11 is 0. The van der Waals surface area contributed by atoms with E-state index in [2.05, 4.69) is 13.8 Å². The summed E-state index contributed by atoms with van der Waals surface area (Å²) in [6.45, 7) is 4.26. The van der Waals surface area contributed by atoms with Gasteiger partial charge in [-0.05, 0) is 25.0 Å². The first-order valence-electron chi connectivity index (χ1n) is 6.17. The molecule has 0 spiro atoms. The highest BCUT2D eigenvalue weighted by Crippen LogP contribution is 2.20. The second-order valence-corrected chi connectivity index (χ2v) is 4.13. The summed E-state index contributed by atoms with van der Waals surface area (Å²) in [6.07, 6.45) is 3.61. The highest BCUT2D eigenvalue weighted by Gasteiger charge is 2.18. The van der Waals surface area contributed by atoms with Crippen LogP contribution in [0.2, 0.25) is 0 Å². The van der Waals surface area contributed by atoms with Gasteiger partial charge in [-0.3, -0.25) is 0 Å². The first kappa shape index (κ1) is 13.0. The van der Waals surface area contributed by atoms with Crippen molar-refractivity contribution >= 4 is 0 Å². The van der Waals surface area contributed by atoms with Gasteiger partial charge in [-0.1, -0.05) is 44.9 Å². The van der Waals surface area contributed by atoms with Crippen molar-refractivity contribution in [2.24, 2.45) is 5.92 Å². The van der Waals surface area contributed by atoms with Crippen LogP contribution < -0.4 is 4.74 Å². The monoisotopic (exact) mass is 222 g/mol. The fourth-order valence-electron chi connectivity index (χ4n) is 1.75. The maximum Gasteiger partial charge on any atom is 0.200 e. The normalized spacial score (nSPS) is 14.4. The molecule has 16 heavy (non-hydrogen) atoms. The van der Waals surface area contributed by atoms with Gasteiger partial charge in [0.05, 0.1) is 0 Å². The summed E-state index contributed by atoms with van der Waals surface area (Å²) in [5, 5.41) is 9.97. The number of aliphatic hydroxyl groups is 1. The molecule has 1 aromatic rings. The van der Waals surface area contributed by atoms with Crippen LogP contribution >= 0.6 is 0 Å². The molecule has 0 aliphatic heterocycles. The molecule has 0 aliphatic rings. The molecule has 0 aliphatic carbocycles. The lowest BCUT2D eigenvalue weighted by molar-refractivity contribution is -0.0662. The predicted octanol–water partition coefficient (Wildman–Crippen LogP) is 3.60. The largest absolute Gasteiger partial charge is 0.465 e. The van der Waals surface area contributed by atoms with E-state index in [1.54, 1.807) is 0 Å². The standard InChI is InChI=1S/C14H22O2/c1-3-5-9-12(4-2)14(15)16-13-10-7-6-8-11-13/h6-8,10-12,14-15H,3-5,9H2,1-2H3. The molecule has 0 fully saturated rings. The highest BCUT2D eigenvalue weighted by atomic mass is 16.6. The van der Waals surface area contributed by atoms with Crippen LogP contribution in [0.15, 0.2) is 30.3 Å². The van der Waals surface area contributed by atoms with Crippen molar-refractivity contribution in [1.82, 2.24) is 0 Å². The van der Waals surface area contributed by atoms with Crippen LogP contribution in [0.1, 0.15) is 39.5 Å². The Morgan fingerprint density at radius 3 is 2.44 bits per heavy atom. The minimum atomic E-state index is -0.682. The Kier molecular flexibility index (Phi) is 5.94. The Morgan fingerprint density at radius 1 is 1.19 bits per heavy atom. The second-order valence-electron chi connectivity index (χ2n) is 4.13. The molecule has 1 N–H and O–H groups in total. The number of aliphatic hydroxyl groups excluding tert-OH is 1. The fraction of sp³-hybridized carbons (Fsp3) is 0.571. The van der Waals surface area contributed by atoms with Gasteiger partial charge in [-0.2, -0.15) is 0 Å². The Labute approximate surface area is 98.3 Å². The van der Waals surface area contributed by atoms with Gasteiger partial charge in [0, 0.05) is 5.92 Å². The third-order valence-corrected chi connectivity index (χ3v) is 2.86. The van der Waals surface area contributed by atoms with Crippen LogP contribution in [-0.2, 0) is 0 Å². The zero-order valence-corrected chi connectivity index (χ0v) is 10.2. The van der Waals surface area contributed by atoms with Gasteiger partial charge in [0.15, 0.2) is 6.29 Å². The average Bonchev–Trinajstić information content (AvgIpc) is 2.31. The summed E-state index contributed by atoms with van der Waals surface area (Å²) in [4.78, 5) is 0. The SMILES string of the molecule is CCCCC(CC)C(O)Oc1ccccc1. The minimum absolute atomic E-state index is 0.236. The van der Waals surface area contributed by atoms with Crippen molar-refractivity contribution in [3.63, 3.8) is 0 Å². The van der Waals surface area contributed by atoms with Crippen molar-refractivity contribution in [2.75, 3.05) is 0 Å². The minimum Gasteiger partial charge on any atom is -0.465 e. The quantitative estimate of drug-likeness (QED) is 0.714. The lowest BCUT2D eigenvalue weighted by atomic mass is 9.99. The summed E-state index contributed by atoms with van der Waals surface area (Å²) < 4.78 is 5.52. The van der Waals surface area contributed by atoms with Gasteiger partial charge < -0.3 is 9.84 Å². The Morgan fingerprint density at radius 2 is 1.88 bits per heavy atom. The molecule has 2 atom stereocenters. The van der Waals surface area contributed by atoms with Crippen molar-refractivity contribution < 1.29 is 9.84 Å². The molecule has 1 aromatic carbocycles. The summed E-state index contributed by atoms with van der Waals surface area (Å²) in [6, 6.07) is 9.50. The van der Waals surface area contributed by atoms with E-state index in [4.69, 9.17) is 4.74 Å². The summed E-state index contributed by atoms with van der Waals surface area (Å²) in [5.41, 5.74) is 0. The van der Waals surface area contributed by atoms with Gasteiger partial charge in [-0.25, -0.2) is 0 Å². The van der Waals surface area contributed by atoms with E-state index in [1.165, 1.54) is 0 Å².